The van der Waals surface area contributed by atoms with Gasteiger partial charge in [-0.05, 0) is 37.1 Å². The first-order chi connectivity index (χ1) is 16.5. The number of hydrogen-bond acceptors (Lipinski definition) is 4. The van der Waals surface area contributed by atoms with Crippen LogP contribution in [0.5, 0.6) is 0 Å². The topological polar surface area (TPSA) is 57.1 Å². The van der Waals surface area contributed by atoms with Crippen LogP contribution in [0.4, 0.5) is 5.69 Å². The minimum absolute atomic E-state index is 0.111. The van der Waals surface area contributed by atoms with Crippen LogP contribution in [-0.4, -0.2) is 36.2 Å². The van der Waals surface area contributed by atoms with Crippen molar-refractivity contribution >= 4 is 46.3 Å². The van der Waals surface area contributed by atoms with E-state index in [-0.39, 0.29) is 18.4 Å². The fourth-order valence-electron chi connectivity index (χ4n) is 4.42. The van der Waals surface area contributed by atoms with Crippen molar-refractivity contribution in [2.45, 2.75) is 32.0 Å². The number of carbonyl (C=O) groups is 1. The van der Waals surface area contributed by atoms with Crippen molar-refractivity contribution in [1.29, 1.82) is 0 Å². The molecule has 2 unspecified atom stereocenters. The first-order valence-corrected chi connectivity index (χ1v) is 12.1. The highest BCUT2D eigenvalue weighted by atomic mass is 35.5. The second kappa shape index (κ2) is 9.61. The number of anilines is 1. The number of aliphatic imine (C=N–C) groups is 2. The first kappa shape index (κ1) is 22.6. The number of rotatable bonds is 5. The van der Waals surface area contributed by atoms with Gasteiger partial charge in [0.25, 0.3) is 0 Å². The molecule has 5 rings (SSSR count). The summed E-state index contributed by atoms with van der Waals surface area (Å²) in [6.07, 6.45) is 0.209. The lowest BCUT2D eigenvalue weighted by Crippen LogP contribution is -2.45. The molecule has 2 aliphatic rings. The Balaban J connectivity index is 1.46. The van der Waals surface area contributed by atoms with E-state index in [2.05, 4.69) is 29.3 Å². The number of amides is 1. The summed E-state index contributed by atoms with van der Waals surface area (Å²) in [7, 11) is 0. The van der Waals surface area contributed by atoms with E-state index in [1.807, 2.05) is 48.5 Å². The van der Waals surface area contributed by atoms with Gasteiger partial charge in [0.15, 0.2) is 6.17 Å². The van der Waals surface area contributed by atoms with Crippen LogP contribution in [0.1, 0.15) is 30.0 Å². The smallest absolute Gasteiger partial charge is 0.222 e. The Morgan fingerprint density at radius 1 is 1.03 bits per heavy atom. The van der Waals surface area contributed by atoms with E-state index in [9.17, 15) is 4.79 Å². The van der Waals surface area contributed by atoms with Gasteiger partial charge in [0.2, 0.25) is 5.91 Å². The Bertz CT molecular complexity index is 1290. The molecule has 0 fully saturated rings. The predicted octanol–water partition coefficient (Wildman–Crippen LogP) is 5.53. The van der Waals surface area contributed by atoms with Crippen LogP contribution in [0.2, 0.25) is 10.0 Å². The van der Waals surface area contributed by atoms with Crippen LogP contribution in [0.3, 0.4) is 0 Å². The number of nitrogens with zero attached hydrogens (tertiary/aromatic N) is 3. The van der Waals surface area contributed by atoms with Gasteiger partial charge in [0.05, 0.1) is 17.4 Å². The maximum absolute atomic E-state index is 13.0. The predicted molar refractivity (Wildman–Crippen MR) is 139 cm³/mol. The Morgan fingerprint density at radius 3 is 2.59 bits per heavy atom. The van der Waals surface area contributed by atoms with Gasteiger partial charge in [-0.25, -0.2) is 0 Å². The molecule has 7 heteroatoms. The third-order valence-corrected chi connectivity index (χ3v) is 6.60. The maximum atomic E-state index is 13.0. The SMILES string of the molecule is CC1CN2C(=N1)C(NC(=O)CCc1ccc(Cl)cc1Cl)N=C(c1ccccc1)c1ccccc12. The quantitative estimate of drug-likeness (QED) is 0.511. The van der Waals surface area contributed by atoms with Gasteiger partial charge < -0.3 is 10.2 Å². The summed E-state index contributed by atoms with van der Waals surface area (Å²) in [5.41, 5.74) is 4.80. The summed E-state index contributed by atoms with van der Waals surface area (Å²) >= 11 is 12.3. The molecule has 2 atom stereocenters. The summed E-state index contributed by atoms with van der Waals surface area (Å²) < 4.78 is 0. The molecule has 0 aliphatic carbocycles. The van der Waals surface area contributed by atoms with Crippen LogP contribution >= 0.6 is 23.2 Å². The molecule has 0 radical (unpaired) electrons. The van der Waals surface area contributed by atoms with E-state index in [4.69, 9.17) is 33.2 Å². The number of aryl methyl sites for hydroxylation is 1. The van der Waals surface area contributed by atoms with Gasteiger partial charge in [-0.2, -0.15) is 0 Å². The number of para-hydroxylation sites is 1. The first-order valence-electron chi connectivity index (χ1n) is 11.3. The molecule has 1 amide bonds. The lowest BCUT2D eigenvalue weighted by Gasteiger charge is -2.24. The van der Waals surface area contributed by atoms with Crippen LogP contribution in [-0.2, 0) is 11.2 Å². The Labute approximate surface area is 209 Å². The van der Waals surface area contributed by atoms with Crippen LogP contribution in [0.25, 0.3) is 0 Å². The molecule has 0 saturated carbocycles. The summed E-state index contributed by atoms with van der Waals surface area (Å²) in [6.45, 7) is 2.82. The molecule has 3 aromatic rings. The largest absolute Gasteiger partial charge is 0.328 e. The average Bonchev–Trinajstić information content (AvgIpc) is 3.18. The zero-order valence-corrected chi connectivity index (χ0v) is 20.2. The molecule has 2 aliphatic heterocycles. The van der Waals surface area contributed by atoms with Crippen molar-refractivity contribution in [3.63, 3.8) is 0 Å². The van der Waals surface area contributed by atoms with Crippen molar-refractivity contribution < 1.29 is 4.79 Å². The summed E-state index contributed by atoms with van der Waals surface area (Å²) in [5.74, 6) is 0.657. The number of amidine groups is 1. The molecule has 0 spiro atoms. The molecule has 0 aromatic heterocycles. The number of halogens is 2. The molecule has 172 valence electrons. The zero-order chi connectivity index (χ0) is 23.7. The zero-order valence-electron chi connectivity index (χ0n) is 18.7. The van der Waals surface area contributed by atoms with E-state index in [1.54, 1.807) is 12.1 Å². The minimum atomic E-state index is -0.583. The second-order valence-electron chi connectivity index (χ2n) is 8.51. The number of hydrogen-bond donors (Lipinski definition) is 1. The molecular formula is C27H24Cl2N4O. The molecular weight excluding hydrogens is 467 g/mol. The van der Waals surface area contributed by atoms with Gasteiger partial charge in [0.1, 0.15) is 5.84 Å². The number of carbonyl (C=O) groups excluding carboxylic acids is 1. The lowest BCUT2D eigenvalue weighted by molar-refractivity contribution is -0.121. The molecule has 3 aromatic carbocycles. The van der Waals surface area contributed by atoms with E-state index < -0.39 is 6.17 Å². The van der Waals surface area contributed by atoms with Crippen LogP contribution < -0.4 is 10.2 Å². The van der Waals surface area contributed by atoms with Crippen molar-refractivity contribution in [3.8, 4) is 0 Å². The highest BCUT2D eigenvalue weighted by Gasteiger charge is 2.35. The number of fused-ring (bicyclic) bond motifs is 3. The summed E-state index contributed by atoms with van der Waals surface area (Å²) in [4.78, 5) is 25.1. The van der Waals surface area contributed by atoms with Crippen LogP contribution in [0, 0.1) is 0 Å². The highest BCUT2D eigenvalue weighted by Crippen LogP contribution is 2.31. The van der Waals surface area contributed by atoms with Crippen molar-refractivity contribution in [1.82, 2.24) is 5.32 Å². The van der Waals surface area contributed by atoms with E-state index in [1.165, 1.54) is 0 Å². The lowest BCUT2D eigenvalue weighted by atomic mass is 10.0. The maximum Gasteiger partial charge on any atom is 0.222 e. The molecule has 0 saturated heterocycles. The van der Waals surface area contributed by atoms with Crippen molar-refractivity contribution in [2.75, 3.05) is 11.4 Å². The fourth-order valence-corrected chi connectivity index (χ4v) is 4.92. The monoisotopic (exact) mass is 490 g/mol. The molecule has 5 nitrogen and oxygen atoms in total. The fraction of sp³-hybridized carbons (Fsp3) is 0.222. The molecule has 1 N–H and O–H groups in total. The van der Waals surface area contributed by atoms with Crippen molar-refractivity contribution in [2.24, 2.45) is 9.98 Å². The molecule has 2 heterocycles. The second-order valence-corrected chi connectivity index (χ2v) is 9.36. The van der Waals surface area contributed by atoms with Gasteiger partial charge >= 0.3 is 0 Å². The Morgan fingerprint density at radius 2 is 1.79 bits per heavy atom. The van der Waals surface area contributed by atoms with E-state index in [0.29, 0.717) is 16.5 Å². The third kappa shape index (κ3) is 4.59. The van der Waals surface area contributed by atoms with Crippen molar-refractivity contribution in [3.05, 3.63) is 99.5 Å². The summed E-state index contributed by atoms with van der Waals surface area (Å²) in [5, 5.41) is 4.26. The van der Waals surface area contributed by atoms with Gasteiger partial charge in [-0.3, -0.25) is 14.8 Å². The highest BCUT2D eigenvalue weighted by molar-refractivity contribution is 6.35. The molecule has 0 bridgehead atoms. The standard InChI is InChI=1S/C27H24Cl2N4O/c1-17-16-33-23-10-6-5-9-21(23)25(19-7-3-2-4-8-19)32-26(27(33)30-17)31-24(34)14-12-18-11-13-20(28)15-22(18)29/h2-11,13,15,17,26H,12,14,16H2,1H3,(H,31,34). The third-order valence-electron chi connectivity index (χ3n) is 6.01. The van der Waals surface area contributed by atoms with Gasteiger partial charge in [0, 0.05) is 34.1 Å². The Hall–Kier alpha value is -3.15. The van der Waals surface area contributed by atoms with E-state index in [0.717, 1.165) is 40.5 Å². The molecule has 34 heavy (non-hydrogen) atoms. The Kier molecular flexibility index (Phi) is 6.40. The average molecular weight is 491 g/mol. The van der Waals surface area contributed by atoms with Gasteiger partial charge in [-0.15, -0.1) is 0 Å². The van der Waals surface area contributed by atoms with Gasteiger partial charge in [-0.1, -0.05) is 77.8 Å². The van der Waals surface area contributed by atoms with E-state index >= 15 is 0 Å². The van der Waals surface area contributed by atoms with Crippen LogP contribution in [0.15, 0.2) is 82.8 Å². The summed E-state index contributed by atoms with van der Waals surface area (Å²) in [6, 6.07) is 23.7. The normalized spacial score (nSPS) is 19.0. The number of nitrogens with one attached hydrogen (secondary N) is 1. The number of benzene rings is 3. The minimum Gasteiger partial charge on any atom is -0.328 e.